The van der Waals surface area contributed by atoms with E-state index in [0.29, 0.717) is 36.5 Å². The molecule has 1 amide bonds. The molecule has 2 rings (SSSR count). The number of aryl methyl sites for hydroxylation is 1. The van der Waals surface area contributed by atoms with Gasteiger partial charge in [0, 0.05) is 19.5 Å². The number of rotatable bonds is 13. The molecule has 0 spiro atoms. The molecule has 164 valence electrons. The molecule has 0 saturated carbocycles. The minimum Gasteiger partial charge on any atom is -0.486 e. The molecule has 0 aliphatic carbocycles. The Labute approximate surface area is 181 Å². The van der Waals surface area contributed by atoms with E-state index in [0.717, 1.165) is 18.7 Å². The summed E-state index contributed by atoms with van der Waals surface area (Å²) in [5.74, 6) is 1.05. The van der Waals surface area contributed by atoms with Crippen molar-refractivity contribution >= 4 is 23.6 Å². The number of hydrogen-bond donors (Lipinski definition) is 2. The molecule has 1 heterocycles. The number of carbonyl (C=O) groups is 2. The summed E-state index contributed by atoms with van der Waals surface area (Å²) in [4.78, 5) is 22.5. The van der Waals surface area contributed by atoms with Crippen molar-refractivity contribution in [2.45, 2.75) is 58.3 Å². The van der Waals surface area contributed by atoms with E-state index in [1.807, 2.05) is 28.8 Å². The van der Waals surface area contributed by atoms with E-state index in [1.165, 1.54) is 17.3 Å². The smallest absolute Gasteiger partial charge is 0.303 e. The van der Waals surface area contributed by atoms with E-state index >= 15 is 0 Å². The average Bonchev–Trinajstić information content (AvgIpc) is 3.09. The minimum atomic E-state index is -0.864. The van der Waals surface area contributed by atoms with E-state index in [9.17, 15) is 9.59 Å². The van der Waals surface area contributed by atoms with Crippen LogP contribution in [0.25, 0.3) is 0 Å². The monoisotopic (exact) mass is 434 g/mol. The lowest BCUT2D eigenvalue weighted by Crippen LogP contribution is -2.26. The van der Waals surface area contributed by atoms with Crippen molar-refractivity contribution in [3.63, 3.8) is 0 Å². The number of benzene rings is 1. The highest BCUT2D eigenvalue weighted by Gasteiger charge is 2.16. The van der Waals surface area contributed by atoms with Crippen LogP contribution in [-0.4, -0.2) is 44.0 Å². The Kier molecular flexibility index (Phi) is 9.66. The Balaban J connectivity index is 1.92. The third-order valence-electron chi connectivity index (χ3n) is 4.26. The molecule has 8 nitrogen and oxygen atoms in total. The Bertz CT molecular complexity index is 821. The number of nitrogens with zero attached hydrogens (tertiary/aromatic N) is 3. The van der Waals surface area contributed by atoms with Gasteiger partial charge in [-0.15, -0.1) is 10.2 Å². The molecule has 0 aliphatic heterocycles. The largest absolute Gasteiger partial charge is 0.486 e. The number of nitrogens with one attached hydrogen (secondary N) is 1. The predicted molar refractivity (Wildman–Crippen MR) is 116 cm³/mol. The molecule has 2 N–H and O–H groups in total. The molecule has 0 radical (unpaired) electrons. The molecular formula is C21H30N4O4S. The molecule has 1 aromatic heterocycles. The molecule has 0 fully saturated rings. The van der Waals surface area contributed by atoms with Crippen molar-refractivity contribution in [3.05, 3.63) is 35.7 Å². The zero-order valence-corrected chi connectivity index (χ0v) is 18.6. The van der Waals surface area contributed by atoms with Gasteiger partial charge in [0.25, 0.3) is 0 Å². The number of ether oxygens (including phenoxy) is 1. The first-order valence-electron chi connectivity index (χ1n) is 10.1. The summed E-state index contributed by atoms with van der Waals surface area (Å²) in [6.07, 6.45) is 1.44. The van der Waals surface area contributed by atoms with E-state index in [-0.39, 0.29) is 18.1 Å². The Morgan fingerprint density at radius 3 is 2.60 bits per heavy atom. The molecule has 0 aliphatic rings. The number of carboxylic acid groups (broad SMARTS) is 1. The number of thioether (sulfide) groups is 1. The molecule has 30 heavy (non-hydrogen) atoms. The van der Waals surface area contributed by atoms with Crippen LogP contribution in [0.5, 0.6) is 5.75 Å². The highest BCUT2D eigenvalue weighted by molar-refractivity contribution is 7.99. The maximum absolute atomic E-state index is 12.0. The normalized spacial score (nSPS) is 10.9. The molecule has 0 atom stereocenters. The first-order valence-corrected chi connectivity index (χ1v) is 11.1. The molecule has 0 saturated heterocycles. The molecule has 1 aromatic carbocycles. The quantitative estimate of drug-likeness (QED) is 0.368. The van der Waals surface area contributed by atoms with Crippen LogP contribution in [0.15, 0.2) is 29.4 Å². The van der Waals surface area contributed by atoms with Crippen LogP contribution in [0.4, 0.5) is 0 Å². The van der Waals surface area contributed by atoms with Crippen LogP contribution in [0.3, 0.4) is 0 Å². The summed E-state index contributed by atoms with van der Waals surface area (Å²) in [5, 5.41) is 20.5. The average molecular weight is 435 g/mol. The summed E-state index contributed by atoms with van der Waals surface area (Å²) in [5.41, 5.74) is 1.25. The van der Waals surface area contributed by atoms with Gasteiger partial charge in [-0.2, -0.15) is 0 Å². The van der Waals surface area contributed by atoms with Crippen molar-refractivity contribution in [3.8, 4) is 5.75 Å². The van der Waals surface area contributed by atoms with Gasteiger partial charge in [-0.25, -0.2) is 0 Å². The maximum Gasteiger partial charge on any atom is 0.303 e. The number of aliphatic carboxylic acids is 1. The summed E-state index contributed by atoms with van der Waals surface area (Å²) in [6.45, 7) is 7.70. The number of aromatic nitrogens is 3. The van der Waals surface area contributed by atoms with Gasteiger partial charge in [0.2, 0.25) is 5.91 Å². The molecular weight excluding hydrogens is 404 g/mol. The van der Waals surface area contributed by atoms with Gasteiger partial charge in [-0.3, -0.25) is 9.59 Å². The van der Waals surface area contributed by atoms with Crippen LogP contribution in [0.2, 0.25) is 0 Å². The summed E-state index contributed by atoms with van der Waals surface area (Å²) >= 11 is 1.31. The van der Waals surface area contributed by atoms with Crippen LogP contribution in [0, 0.1) is 5.92 Å². The first-order chi connectivity index (χ1) is 14.4. The fourth-order valence-corrected chi connectivity index (χ4v) is 3.50. The molecule has 9 heteroatoms. The summed E-state index contributed by atoms with van der Waals surface area (Å²) in [6, 6.07) is 7.99. The highest BCUT2D eigenvalue weighted by atomic mass is 32.2. The maximum atomic E-state index is 12.0. The summed E-state index contributed by atoms with van der Waals surface area (Å²) < 4.78 is 7.87. The zero-order chi connectivity index (χ0) is 21.9. The van der Waals surface area contributed by atoms with Crippen molar-refractivity contribution in [2.75, 3.05) is 12.3 Å². The van der Waals surface area contributed by atoms with Gasteiger partial charge < -0.3 is 19.7 Å². The lowest BCUT2D eigenvalue weighted by molar-refractivity contribution is -0.137. The van der Waals surface area contributed by atoms with Crippen molar-refractivity contribution in [2.24, 2.45) is 5.92 Å². The summed E-state index contributed by atoms with van der Waals surface area (Å²) in [7, 11) is 0. The molecule has 0 unspecified atom stereocenters. The number of amides is 1. The van der Waals surface area contributed by atoms with Crippen molar-refractivity contribution in [1.29, 1.82) is 0 Å². The first kappa shape index (κ1) is 23.7. The molecule has 0 bridgehead atoms. The standard InChI is InChI=1S/C21H30N4O4S/c1-4-16-7-9-17(10-8-16)29-13-18-23-24-21(25(18)12-15(2)3)30-14-19(26)22-11-5-6-20(27)28/h7-10,15H,4-6,11-14H2,1-3H3,(H,22,26)(H,27,28). The zero-order valence-electron chi connectivity index (χ0n) is 17.8. The van der Waals surface area contributed by atoms with Gasteiger partial charge in [0.05, 0.1) is 5.75 Å². The van der Waals surface area contributed by atoms with Gasteiger partial charge >= 0.3 is 5.97 Å². The van der Waals surface area contributed by atoms with Gasteiger partial charge in [0.1, 0.15) is 12.4 Å². The number of hydrogen-bond acceptors (Lipinski definition) is 6. The van der Waals surface area contributed by atoms with Gasteiger partial charge in [-0.05, 0) is 36.5 Å². The van der Waals surface area contributed by atoms with Crippen LogP contribution in [0.1, 0.15) is 45.0 Å². The number of carbonyl (C=O) groups excluding carboxylic acids is 1. The van der Waals surface area contributed by atoms with Crippen LogP contribution in [-0.2, 0) is 29.2 Å². The lowest BCUT2D eigenvalue weighted by atomic mass is 10.2. The molecule has 2 aromatic rings. The van der Waals surface area contributed by atoms with E-state index in [4.69, 9.17) is 9.84 Å². The third kappa shape index (κ3) is 8.06. The highest BCUT2D eigenvalue weighted by Crippen LogP contribution is 2.20. The topological polar surface area (TPSA) is 106 Å². The minimum absolute atomic E-state index is 0.0423. The Morgan fingerprint density at radius 2 is 1.97 bits per heavy atom. The lowest BCUT2D eigenvalue weighted by Gasteiger charge is -2.13. The Morgan fingerprint density at radius 1 is 1.23 bits per heavy atom. The second-order valence-corrected chi connectivity index (χ2v) is 8.27. The van der Waals surface area contributed by atoms with Gasteiger partial charge in [0.15, 0.2) is 11.0 Å². The second-order valence-electron chi connectivity index (χ2n) is 7.33. The van der Waals surface area contributed by atoms with Crippen LogP contribution < -0.4 is 10.1 Å². The van der Waals surface area contributed by atoms with Crippen LogP contribution >= 0.6 is 11.8 Å². The van der Waals surface area contributed by atoms with E-state index < -0.39 is 5.97 Å². The fraction of sp³-hybridized carbons (Fsp3) is 0.524. The van der Waals surface area contributed by atoms with E-state index in [1.54, 1.807) is 0 Å². The van der Waals surface area contributed by atoms with E-state index in [2.05, 4.69) is 36.3 Å². The predicted octanol–water partition coefficient (Wildman–Crippen LogP) is 3.15. The fourth-order valence-electron chi connectivity index (χ4n) is 2.70. The third-order valence-corrected chi connectivity index (χ3v) is 5.23. The number of carboxylic acids is 1. The SMILES string of the molecule is CCc1ccc(OCc2nnc(SCC(=O)NCCCC(=O)O)n2CC(C)C)cc1. The second kappa shape index (κ2) is 12.2. The van der Waals surface area contributed by atoms with Crippen molar-refractivity contribution < 1.29 is 19.4 Å². The Hall–Kier alpha value is -2.55. The van der Waals surface area contributed by atoms with Crippen molar-refractivity contribution in [1.82, 2.24) is 20.1 Å². The van der Waals surface area contributed by atoms with Gasteiger partial charge in [-0.1, -0.05) is 44.7 Å².